The van der Waals surface area contributed by atoms with Crippen LogP contribution in [0.2, 0.25) is 0 Å². The quantitative estimate of drug-likeness (QED) is 0.522. The van der Waals surface area contributed by atoms with Gasteiger partial charge in [0, 0.05) is 17.7 Å². The summed E-state index contributed by atoms with van der Waals surface area (Å²) in [5.41, 5.74) is 0.430. The topological polar surface area (TPSA) is 77.7 Å². The predicted octanol–water partition coefficient (Wildman–Crippen LogP) is 0.291. The van der Waals surface area contributed by atoms with Gasteiger partial charge in [-0.05, 0) is 0 Å². The molecule has 0 aliphatic heterocycles. The Labute approximate surface area is 84.0 Å². The standard InChI is InChI=1S/C6H5ClN4O2S/c1-11-5-4(2-10-11)6(9-3-8-5)14(7,12)13/h2-3H,1H3. The molecule has 0 amide bonds. The predicted molar refractivity (Wildman–Crippen MR) is 49.3 cm³/mol. The van der Waals surface area contributed by atoms with Crippen molar-refractivity contribution in [1.29, 1.82) is 0 Å². The summed E-state index contributed by atoms with van der Waals surface area (Å²) in [6.07, 6.45) is 2.50. The van der Waals surface area contributed by atoms with Gasteiger partial charge in [-0.25, -0.2) is 18.4 Å². The van der Waals surface area contributed by atoms with Gasteiger partial charge in [-0.1, -0.05) is 0 Å². The number of nitrogens with zero attached hydrogens (tertiary/aromatic N) is 4. The highest BCUT2D eigenvalue weighted by atomic mass is 35.7. The highest BCUT2D eigenvalue weighted by molar-refractivity contribution is 8.13. The molecule has 2 aromatic heterocycles. The van der Waals surface area contributed by atoms with Crippen LogP contribution < -0.4 is 0 Å². The van der Waals surface area contributed by atoms with Crippen molar-refractivity contribution in [3.05, 3.63) is 12.5 Å². The van der Waals surface area contributed by atoms with Crippen LogP contribution in [0.4, 0.5) is 0 Å². The molecule has 0 spiro atoms. The van der Waals surface area contributed by atoms with Crippen molar-refractivity contribution >= 4 is 30.8 Å². The molecule has 0 radical (unpaired) electrons. The normalized spacial score (nSPS) is 12.1. The Kier molecular flexibility index (Phi) is 1.93. The highest BCUT2D eigenvalue weighted by Gasteiger charge is 2.18. The maximum Gasteiger partial charge on any atom is 0.279 e. The molecule has 14 heavy (non-hydrogen) atoms. The molecular formula is C6H5ClN4O2S. The van der Waals surface area contributed by atoms with E-state index >= 15 is 0 Å². The summed E-state index contributed by atoms with van der Waals surface area (Å²) in [4.78, 5) is 7.49. The fraction of sp³-hybridized carbons (Fsp3) is 0.167. The van der Waals surface area contributed by atoms with Gasteiger partial charge in [-0.15, -0.1) is 0 Å². The molecule has 0 unspecified atom stereocenters. The van der Waals surface area contributed by atoms with Gasteiger partial charge in [0.2, 0.25) is 0 Å². The lowest BCUT2D eigenvalue weighted by molar-refractivity contribution is 0.607. The van der Waals surface area contributed by atoms with Crippen molar-refractivity contribution in [2.24, 2.45) is 7.05 Å². The second kappa shape index (κ2) is 2.89. The Bertz CT molecular complexity index is 591. The van der Waals surface area contributed by atoms with Gasteiger partial charge in [0.15, 0.2) is 10.7 Å². The molecule has 8 heteroatoms. The van der Waals surface area contributed by atoms with Gasteiger partial charge < -0.3 is 0 Å². The molecule has 0 saturated carbocycles. The summed E-state index contributed by atoms with van der Waals surface area (Å²) >= 11 is 0. The van der Waals surface area contributed by atoms with Gasteiger partial charge in [-0.3, -0.25) is 4.68 Å². The molecule has 6 nitrogen and oxygen atoms in total. The summed E-state index contributed by atoms with van der Waals surface area (Å²) in [7, 11) is 3.00. The zero-order valence-corrected chi connectivity index (χ0v) is 8.62. The minimum Gasteiger partial charge on any atom is -0.250 e. The van der Waals surface area contributed by atoms with Crippen LogP contribution >= 0.6 is 10.7 Å². The van der Waals surface area contributed by atoms with Crippen LogP contribution in [0.25, 0.3) is 11.0 Å². The van der Waals surface area contributed by atoms with Crippen LogP contribution in [-0.4, -0.2) is 28.2 Å². The van der Waals surface area contributed by atoms with E-state index in [2.05, 4.69) is 15.1 Å². The third-order valence-corrected chi connectivity index (χ3v) is 2.95. The second-order valence-electron chi connectivity index (χ2n) is 2.62. The molecule has 0 bridgehead atoms. The van der Waals surface area contributed by atoms with E-state index < -0.39 is 9.05 Å². The molecule has 2 rings (SSSR count). The van der Waals surface area contributed by atoms with Gasteiger partial charge in [0.25, 0.3) is 9.05 Å². The Morgan fingerprint density at radius 1 is 1.43 bits per heavy atom. The summed E-state index contributed by atoms with van der Waals surface area (Å²) in [5, 5.41) is 3.97. The highest BCUT2D eigenvalue weighted by Crippen LogP contribution is 2.20. The van der Waals surface area contributed by atoms with Crippen LogP contribution in [0.15, 0.2) is 17.6 Å². The first-order chi connectivity index (χ1) is 6.50. The van der Waals surface area contributed by atoms with E-state index in [4.69, 9.17) is 10.7 Å². The van der Waals surface area contributed by atoms with Crippen molar-refractivity contribution in [2.75, 3.05) is 0 Å². The number of aromatic nitrogens is 4. The van der Waals surface area contributed by atoms with Crippen LogP contribution in [0.3, 0.4) is 0 Å². The van der Waals surface area contributed by atoms with E-state index in [0.29, 0.717) is 11.0 Å². The first kappa shape index (κ1) is 9.35. The molecule has 74 valence electrons. The summed E-state index contributed by atoms with van der Waals surface area (Å²) in [6.45, 7) is 0. The van der Waals surface area contributed by atoms with Crippen molar-refractivity contribution < 1.29 is 8.42 Å². The number of hydrogen-bond acceptors (Lipinski definition) is 5. The lowest BCUT2D eigenvalue weighted by Crippen LogP contribution is -1.98. The minimum atomic E-state index is -3.85. The first-order valence-electron chi connectivity index (χ1n) is 3.57. The number of fused-ring (bicyclic) bond motifs is 1. The van der Waals surface area contributed by atoms with Crippen molar-refractivity contribution in [1.82, 2.24) is 19.7 Å². The molecule has 2 aromatic rings. The fourth-order valence-corrected chi connectivity index (χ4v) is 2.08. The van der Waals surface area contributed by atoms with E-state index in [0.717, 1.165) is 6.33 Å². The Morgan fingerprint density at radius 3 is 2.79 bits per heavy atom. The number of rotatable bonds is 1. The van der Waals surface area contributed by atoms with Gasteiger partial charge in [0.05, 0.1) is 11.6 Å². The number of aryl methyl sites for hydroxylation is 1. The number of halogens is 1. The second-order valence-corrected chi connectivity index (χ2v) is 5.10. The molecule has 0 saturated heterocycles. The average molecular weight is 233 g/mol. The molecule has 0 aliphatic carbocycles. The Balaban J connectivity index is 2.92. The van der Waals surface area contributed by atoms with Crippen molar-refractivity contribution in [3.63, 3.8) is 0 Å². The van der Waals surface area contributed by atoms with Gasteiger partial charge >= 0.3 is 0 Å². The Morgan fingerprint density at radius 2 is 2.14 bits per heavy atom. The molecule has 0 fully saturated rings. The van der Waals surface area contributed by atoms with Gasteiger partial charge in [-0.2, -0.15) is 5.10 Å². The molecule has 0 atom stereocenters. The summed E-state index contributed by atoms with van der Waals surface area (Å²) in [5.74, 6) is 0. The van der Waals surface area contributed by atoms with Crippen LogP contribution in [-0.2, 0) is 16.1 Å². The van der Waals surface area contributed by atoms with E-state index in [-0.39, 0.29) is 5.03 Å². The van der Waals surface area contributed by atoms with Crippen LogP contribution in [0.5, 0.6) is 0 Å². The molecule has 2 heterocycles. The fourth-order valence-electron chi connectivity index (χ4n) is 1.13. The third-order valence-electron chi connectivity index (χ3n) is 1.72. The van der Waals surface area contributed by atoms with Crippen molar-refractivity contribution in [3.8, 4) is 0 Å². The van der Waals surface area contributed by atoms with E-state index in [1.54, 1.807) is 7.05 Å². The van der Waals surface area contributed by atoms with E-state index in [9.17, 15) is 8.42 Å². The average Bonchev–Trinajstić information content (AvgIpc) is 2.46. The lowest BCUT2D eigenvalue weighted by atomic mass is 10.4. The van der Waals surface area contributed by atoms with Gasteiger partial charge in [0.1, 0.15) is 6.33 Å². The lowest BCUT2D eigenvalue weighted by Gasteiger charge is -1.96. The first-order valence-corrected chi connectivity index (χ1v) is 5.88. The SMILES string of the molecule is Cn1ncc2c(S(=O)(=O)Cl)ncnc21. The maximum absolute atomic E-state index is 11.1. The summed E-state index contributed by atoms with van der Waals surface area (Å²) in [6, 6.07) is 0. The monoisotopic (exact) mass is 232 g/mol. The third kappa shape index (κ3) is 1.34. The number of hydrogen-bond donors (Lipinski definition) is 0. The van der Waals surface area contributed by atoms with Crippen LogP contribution in [0.1, 0.15) is 0 Å². The smallest absolute Gasteiger partial charge is 0.250 e. The van der Waals surface area contributed by atoms with Crippen molar-refractivity contribution in [2.45, 2.75) is 5.03 Å². The minimum absolute atomic E-state index is 0.211. The Hall–Kier alpha value is -1.21. The van der Waals surface area contributed by atoms with E-state index in [1.807, 2.05) is 0 Å². The zero-order chi connectivity index (χ0) is 10.3. The largest absolute Gasteiger partial charge is 0.279 e. The molecule has 0 aromatic carbocycles. The van der Waals surface area contributed by atoms with Crippen LogP contribution in [0, 0.1) is 0 Å². The zero-order valence-electron chi connectivity index (χ0n) is 7.05. The molecule has 0 aliphatic rings. The summed E-state index contributed by atoms with van der Waals surface area (Å²) < 4.78 is 23.6. The van der Waals surface area contributed by atoms with E-state index in [1.165, 1.54) is 10.9 Å². The molecule has 0 N–H and O–H groups in total. The maximum atomic E-state index is 11.1. The molecular weight excluding hydrogens is 228 g/mol.